The van der Waals surface area contributed by atoms with E-state index >= 15 is 0 Å². The van der Waals surface area contributed by atoms with E-state index in [0.717, 1.165) is 12.1 Å². The highest BCUT2D eigenvalue weighted by molar-refractivity contribution is 8.30. The molecule has 3 unspecified atom stereocenters. The molecule has 1 aliphatic heterocycles. The average molecular weight is 395 g/mol. The number of carbonyl (C=O) groups excluding carboxylic acids is 2. The molecule has 0 radical (unpaired) electrons. The highest BCUT2D eigenvalue weighted by Gasteiger charge is 2.48. The van der Waals surface area contributed by atoms with Gasteiger partial charge in [-0.05, 0) is 25.2 Å². The van der Waals surface area contributed by atoms with E-state index in [0.29, 0.717) is 0 Å². The normalized spacial score (nSPS) is 23.6. The third-order valence-electron chi connectivity index (χ3n) is 4.47. The summed E-state index contributed by atoms with van der Waals surface area (Å²) in [5.74, 6) is -2.65. The van der Waals surface area contributed by atoms with Gasteiger partial charge in [-0.3, -0.25) is 9.59 Å². The number of hydrogen-bond donors (Lipinski definition) is 2. The number of benzene rings is 1. The van der Waals surface area contributed by atoms with E-state index in [1.54, 1.807) is 7.05 Å². The molecule has 1 saturated heterocycles. The molecule has 2 aromatic rings. The van der Waals surface area contributed by atoms with Gasteiger partial charge in [-0.1, -0.05) is 6.07 Å². The summed E-state index contributed by atoms with van der Waals surface area (Å²) in [5, 5.41) is 9.67. The topological polar surface area (TPSA) is 81.2 Å². The fraction of sp³-hybridized carbons (Fsp3) is 0.333. The van der Waals surface area contributed by atoms with Crippen LogP contribution in [0.1, 0.15) is 17.2 Å². The van der Waals surface area contributed by atoms with Crippen LogP contribution in [-0.2, 0) is 15.3 Å². The minimum absolute atomic E-state index is 0.120. The van der Waals surface area contributed by atoms with Crippen molar-refractivity contribution in [3.63, 3.8) is 0 Å². The van der Waals surface area contributed by atoms with Crippen molar-refractivity contribution < 1.29 is 23.1 Å². The van der Waals surface area contributed by atoms with Crippen LogP contribution in [-0.4, -0.2) is 47.0 Å². The minimum Gasteiger partial charge on any atom is -0.480 e. The standard InChI is InChI=1S/C18H19F2N3O3S/c1-21-8-14-17(24)16(13-6-7-15(26-2)23-22-13)18(25)27(14)9-10-11(19)4-3-5-12(10)20/h3-7,14,16,21,27H,8-9H2,1-2H3. The van der Waals surface area contributed by atoms with Gasteiger partial charge in [0.25, 0.3) is 0 Å². The maximum Gasteiger partial charge on any atom is 0.233 e. The lowest BCUT2D eigenvalue weighted by Gasteiger charge is -2.21. The zero-order chi connectivity index (χ0) is 19.6. The Hall–Kier alpha value is -2.39. The van der Waals surface area contributed by atoms with Crippen LogP contribution >= 0.6 is 10.9 Å². The number of rotatable bonds is 6. The molecule has 0 aliphatic carbocycles. The van der Waals surface area contributed by atoms with E-state index in [-0.39, 0.29) is 40.3 Å². The molecule has 0 saturated carbocycles. The summed E-state index contributed by atoms with van der Waals surface area (Å²) >= 11 is 0. The van der Waals surface area contributed by atoms with Gasteiger partial charge in [0.05, 0.1) is 18.1 Å². The number of carbonyl (C=O) groups is 2. The molecule has 0 spiro atoms. The van der Waals surface area contributed by atoms with Gasteiger partial charge in [-0.25, -0.2) is 8.78 Å². The number of nitrogens with one attached hydrogen (secondary N) is 1. The summed E-state index contributed by atoms with van der Waals surface area (Å²) < 4.78 is 33.1. The predicted molar refractivity (Wildman–Crippen MR) is 98.1 cm³/mol. The number of aromatic nitrogens is 2. The summed E-state index contributed by atoms with van der Waals surface area (Å²) in [5.41, 5.74) is 0.0678. The number of nitrogens with zero attached hydrogens (tertiary/aromatic N) is 2. The number of hydrogen-bond acceptors (Lipinski definition) is 6. The molecule has 27 heavy (non-hydrogen) atoms. The molecular formula is C18H19F2N3O3S. The SMILES string of the molecule is CNCC1C(=O)C(c2ccc(OC)nn2)C(=O)[SH]1Cc1c(F)cccc1F. The lowest BCUT2D eigenvalue weighted by molar-refractivity contribution is -0.123. The Bertz CT molecular complexity index is 843. The van der Waals surface area contributed by atoms with E-state index in [1.165, 1.54) is 25.3 Å². The van der Waals surface area contributed by atoms with Crippen LogP contribution < -0.4 is 10.1 Å². The average Bonchev–Trinajstić information content (AvgIpc) is 2.89. The molecule has 1 aromatic carbocycles. The third kappa shape index (κ3) is 3.70. The summed E-state index contributed by atoms with van der Waals surface area (Å²) in [7, 11) is 1.47. The molecule has 1 fully saturated rings. The first-order valence-corrected chi connectivity index (χ1v) is 9.86. The van der Waals surface area contributed by atoms with Gasteiger partial charge in [0.1, 0.15) is 17.6 Å². The first kappa shape index (κ1) is 19.4. The van der Waals surface area contributed by atoms with E-state index < -0.39 is 33.7 Å². The molecule has 1 N–H and O–H groups in total. The first-order valence-electron chi connectivity index (χ1n) is 8.27. The second kappa shape index (κ2) is 8.10. The fourth-order valence-corrected chi connectivity index (χ4v) is 5.88. The zero-order valence-electron chi connectivity index (χ0n) is 14.8. The van der Waals surface area contributed by atoms with E-state index in [1.807, 2.05) is 0 Å². The number of ketones is 1. The number of methoxy groups -OCH3 is 1. The van der Waals surface area contributed by atoms with Gasteiger partial charge in [0.2, 0.25) is 5.88 Å². The molecule has 0 bridgehead atoms. The summed E-state index contributed by atoms with van der Waals surface area (Å²) in [6.07, 6.45) is 0. The van der Waals surface area contributed by atoms with Crippen molar-refractivity contribution in [1.29, 1.82) is 0 Å². The van der Waals surface area contributed by atoms with Crippen LogP contribution in [0.15, 0.2) is 30.3 Å². The first-order chi connectivity index (χ1) is 13.0. The summed E-state index contributed by atoms with van der Waals surface area (Å²) in [6.45, 7) is 0.256. The van der Waals surface area contributed by atoms with Crippen LogP contribution in [0.4, 0.5) is 8.78 Å². The second-order valence-electron chi connectivity index (χ2n) is 6.08. The van der Waals surface area contributed by atoms with Crippen molar-refractivity contribution in [2.45, 2.75) is 16.9 Å². The molecule has 1 aliphatic rings. The third-order valence-corrected chi connectivity index (χ3v) is 7.14. The van der Waals surface area contributed by atoms with E-state index in [2.05, 4.69) is 15.5 Å². The Morgan fingerprint density at radius 3 is 2.41 bits per heavy atom. The van der Waals surface area contributed by atoms with Crippen molar-refractivity contribution in [1.82, 2.24) is 15.5 Å². The van der Waals surface area contributed by atoms with Crippen molar-refractivity contribution in [2.24, 2.45) is 0 Å². The van der Waals surface area contributed by atoms with Crippen LogP contribution in [0.5, 0.6) is 5.88 Å². The van der Waals surface area contributed by atoms with Gasteiger partial charge >= 0.3 is 0 Å². The number of halogens is 2. The molecule has 3 atom stereocenters. The number of ether oxygens (including phenoxy) is 1. The number of thiol groups is 1. The van der Waals surface area contributed by atoms with E-state index in [9.17, 15) is 18.4 Å². The van der Waals surface area contributed by atoms with Crippen molar-refractivity contribution in [3.05, 3.63) is 53.2 Å². The molecule has 1 aromatic heterocycles. The summed E-state index contributed by atoms with van der Waals surface area (Å²) in [4.78, 5) is 25.9. The molecule has 144 valence electrons. The molecule has 2 heterocycles. The predicted octanol–water partition coefficient (Wildman–Crippen LogP) is 1.75. The molecule has 0 amide bonds. The Labute approximate surface area is 157 Å². The summed E-state index contributed by atoms with van der Waals surface area (Å²) in [6, 6.07) is 6.60. The smallest absolute Gasteiger partial charge is 0.233 e. The monoisotopic (exact) mass is 395 g/mol. The lowest BCUT2D eigenvalue weighted by atomic mass is 9.99. The molecule has 9 heteroatoms. The second-order valence-corrected chi connectivity index (χ2v) is 8.40. The highest BCUT2D eigenvalue weighted by atomic mass is 32.2. The minimum atomic E-state index is -1.63. The van der Waals surface area contributed by atoms with Crippen molar-refractivity contribution >= 4 is 21.8 Å². The Morgan fingerprint density at radius 1 is 1.15 bits per heavy atom. The maximum absolute atomic E-state index is 14.1. The van der Waals surface area contributed by atoms with Crippen LogP contribution in [0.2, 0.25) is 0 Å². The quantitative estimate of drug-likeness (QED) is 0.573. The van der Waals surface area contributed by atoms with Crippen LogP contribution in [0.3, 0.4) is 0 Å². The Morgan fingerprint density at radius 2 is 1.85 bits per heavy atom. The van der Waals surface area contributed by atoms with Gasteiger partial charge in [0.15, 0.2) is 10.9 Å². The van der Waals surface area contributed by atoms with Crippen LogP contribution in [0, 0.1) is 11.6 Å². The van der Waals surface area contributed by atoms with Crippen LogP contribution in [0.25, 0.3) is 0 Å². The van der Waals surface area contributed by atoms with Gasteiger partial charge in [-0.2, -0.15) is 16.0 Å². The lowest BCUT2D eigenvalue weighted by Crippen LogP contribution is -2.29. The highest BCUT2D eigenvalue weighted by Crippen LogP contribution is 2.50. The fourth-order valence-electron chi connectivity index (χ4n) is 3.10. The Kier molecular flexibility index (Phi) is 5.81. The maximum atomic E-state index is 14.1. The molecule has 3 rings (SSSR count). The van der Waals surface area contributed by atoms with Gasteiger partial charge in [-0.15, -0.1) is 5.10 Å². The zero-order valence-corrected chi connectivity index (χ0v) is 15.7. The van der Waals surface area contributed by atoms with Crippen molar-refractivity contribution in [3.8, 4) is 5.88 Å². The largest absolute Gasteiger partial charge is 0.480 e. The van der Waals surface area contributed by atoms with Crippen molar-refractivity contribution in [2.75, 3.05) is 20.7 Å². The molecular weight excluding hydrogens is 376 g/mol. The van der Waals surface area contributed by atoms with Gasteiger partial charge in [0, 0.05) is 23.9 Å². The van der Waals surface area contributed by atoms with Gasteiger partial charge < -0.3 is 10.1 Å². The molecule has 6 nitrogen and oxygen atoms in total. The van der Waals surface area contributed by atoms with E-state index in [4.69, 9.17) is 4.74 Å². The number of Topliss-reactive ketones (excluding diaryl/α,β-unsaturated/α-hetero) is 1. The Balaban J connectivity index is 1.95.